The van der Waals surface area contributed by atoms with Gasteiger partial charge in [-0.1, -0.05) is 0 Å². The van der Waals surface area contributed by atoms with Crippen molar-refractivity contribution < 1.29 is 22.7 Å². The van der Waals surface area contributed by atoms with Gasteiger partial charge in [0.2, 0.25) is 0 Å². The van der Waals surface area contributed by atoms with Gasteiger partial charge in [-0.25, -0.2) is 0 Å². The molecule has 20 heavy (non-hydrogen) atoms. The van der Waals surface area contributed by atoms with Crippen LogP contribution in [0.25, 0.3) is 10.9 Å². The van der Waals surface area contributed by atoms with Gasteiger partial charge in [-0.3, -0.25) is 9.59 Å². The van der Waals surface area contributed by atoms with Crippen LogP contribution in [0.1, 0.15) is 5.56 Å². The Morgan fingerprint density at radius 1 is 1.30 bits per heavy atom. The van der Waals surface area contributed by atoms with Gasteiger partial charge in [-0.15, -0.1) is 0 Å². The highest BCUT2D eigenvalue weighted by molar-refractivity contribution is 5.81. The van der Waals surface area contributed by atoms with E-state index in [-0.39, 0.29) is 17.4 Å². The van der Waals surface area contributed by atoms with Crippen LogP contribution in [0.4, 0.5) is 13.2 Å². The lowest BCUT2D eigenvalue weighted by Crippen LogP contribution is -2.16. The van der Waals surface area contributed by atoms with Gasteiger partial charge in [-0.05, 0) is 18.2 Å². The number of aromatic nitrogens is 1. The number of hydrogen-bond acceptors (Lipinski definition) is 3. The third-order valence-corrected chi connectivity index (χ3v) is 2.83. The molecule has 0 N–H and O–H groups in total. The molecule has 0 spiro atoms. The van der Waals surface area contributed by atoms with Gasteiger partial charge in [0.05, 0.1) is 18.2 Å². The second-order valence-corrected chi connectivity index (χ2v) is 4.11. The zero-order valence-electron chi connectivity index (χ0n) is 10.4. The number of carbonyl (C=O) groups excluding carboxylic acids is 1. The number of rotatable bonds is 2. The summed E-state index contributed by atoms with van der Waals surface area (Å²) in [5.74, 6) is -0.560. The van der Waals surface area contributed by atoms with Crippen molar-refractivity contribution in [2.24, 2.45) is 0 Å². The first-order chi connectivity index (χ1) is 9.32. The molecule has 0 unspecified atom stereocenters. The molecule has 0 saturated heterocycles. The van der Waals surface area contributed by atoms with Crippen molar-refractivity contribution >= 4 is 16.9 Å². The van der Waals surface area contributed by atoms with E-state index in [2.05, 4.69) is 4.74 Å². The summed E-state index contributed by atoms with van der Waals surface area (Å²) < 4.78 is 43.7. The Morgan fingerprint density at radius 2 is 2.00 bits per heavy atom. The SMILES string of the molecule is COC(=O)Cn1ccc(=O)c2cc(C(F)(F)F)ccc21. The summed E-state index contributed by atoms with van der Waals surface area (Å²) in [6, 6.07) is 3.94. The third kappa shape index (κ3) is 2.66. The molecule has 0 radical (unpaired) electrons. The number of methoxy groups -OCH3 is 1. The minimum atomic E-state index is -4.52. The highest BCUT2D eigenvalue weighted by Crippen LogP contribution is 2.30. The number of benzene rings is 1. The molecule has 0 saturated carbocycles. The van der Waals surface area contributed by atoms with E-state index < -0.39 is 23.1 Å². The Labute approximate surface area is 111 Å². The van der Waals surface area contributed by atoms with Crippen LogP contribution in [0, 0.1) is 0 Å². The van der Waals surface area contributed by atoms with Crippen LogP contribution in [0.15, 0.2) is 35.3 Å². The lowest BCUT2D eigenvalue weighted by Gasteiger charge is -2.11. The number of fused-ring (bicyclic) bond motifs is 1. The fourth-order valence-corrected chi connectivity index (χ4v) is 1.83. The fourth-order valence-electron chi connectivity index (χ4n) is 1.83. The van der Waals surface area contributed by atoms with Crippen LogP contribution in [-0.4, -0.2) is 17.6 Å². The van der Waals surface area contributed by atoms with E-state index in [9.17, 15) is 22.8 Å². The van der Waals surface area contributed by atoms with Crippen LogP contribution in [0.2, 0.25) is 0 Å². The van der Waals surface area contributed by atoms with E-state index in [1.165, 1.54) is 23.9 Å². The summed E-state index contributed by atoms with van der Waals surface area (Å²) in [6.07, 6.45) is -3.18. The predicted molar refractivity (Wildman–Crippen MR) is 65.2 cm³/mol. The van der Waals surface area contributed by atoms with Crippen molar-refractivity contribution in [2.75, 3.05) is 7.11 Å². The molecule has 0 atom stereocenters. The highest BCUT2D eigenvalue weighted by atomic mass is 19.4. The van der Waals surface area contributed by atoms with Crippen LogP contribution >= 0.6 is 0 Å². The fraction of sp³-hybridized carbons (Fsp3) is 0.231. The summed E-state index contributed by atoms with van der Waals surface area (Å²) in [7, 11) is 1.20. The topological polar surface area (TPSA) is 48.3 Å². The maximum atomic E-state index is 12.6. The molecule has 1 heterocycles. The predicted octanol–water partition coefficient (Wildman–Crippen LogP) is 2.19. The Kier molecular flexibility index (Phi) is 3.52. The van der Waals surface area contributed by atoms with Crippen LogP contribution in [0.3, 0.4) is 0 Å². The van der Waals surface area contributed by atoms with Crippen molar-refractivity contribution in [1.29, 1.82) is 0 Å². The highest BCUT2D eigenvalue weighted by Gasteiger charge is 2.30. The second kappa shape index (κ2) is 4.99. The molecule has 0 aliphatic heterocycles. The quantitative estimate of drug-likeness (QED) is 0.795. The average molecular weight is 285 g/mol. The summed E-state index contributed by atoms with van der Waals surface area (Å²) in [4.78, 5) is 22.9. The number of esters is 1. The number of hydrogen-bond donors (Lipinski definition) is 0. The lowest BCUT2D eigenvalue weighted by atomic mass is 10.1. The average Bonchev–Trinajstić information content (AvgIpc) is 2.40. The van der Waals surface area contributed by atoms with Gasteiger partial charge in [0.25, 0.3) is 0 Å². The van der Waals surface area contributed by atoms with E-state index in [0.29, 0.717) is 0 Å². The zero-order chi connectivity index (χ0) is 14.9. The van der Waals surface area contributed by atoms with E-state index >= 15 is 0 Å². The Morgan fingerprint density at radius 3 is 2.60 bits per heavy atom. The molecule has 2 rings (SSSR count). The zero-order valence-corrected chi connectivity index (χ0v) is 10.4. The first kappa shape index (κ1) is 14.1. The third-order valence-electron chi connectivity index (χ3n) is 2.83. The maximum absolute atomic E-state index is 12.6. The summed E-state index contributed by atoms with van der Waals surface area (Å²) in [5.41, 5.74) is -1.19. The molecule has 0 bridgehead atoms. The van der Waals surface area contributed by atoms with Gasteiger partial charge in [0.1, 0.15) is 6.54 Å². The first-order valence-corrected chi connectivity index (χ1v) is 5.60. The van der Waals surface area contributed by atoms with Crippen molar-refractivity contribution in [3.63, 3.8) is 0 Å². The van der Waals surface area contributed by atoms with Crippen LogP contribution in [0.5, 0.6) is 0 Å². The molecule has 4 nitrogen and oxygen atoms in total. The van der Waals surface area contributed by atoms with Gasteiger partial charge < -0.3 is 9.30 Å². The Hall–Kier alpha value is -2.31. The molecule has 1 aromatic carbocycles. The van der Waals surface area contributed by atoms with Crippen molar-refractivity contribution in [3.05, 3.63) is 46.2 Å². The van der Waals surface area contributed by atoms with Crippen molar-refractivity contribution in [2.45, 2.75) is 12.7 Å². The summed E-state index contributed by atoms with van der Waals surface area (Å²) >= 11 is 0. The van der Waals surface area contributed by atoms with Gasteiger partial charge in [0, 0.05) is 17.6 Å². The smallest absolute Gasteiger partial charge is 0.416 e. The lowest BCUT2D eigenvalue weighted by molar-refractivity contribution is -0.141. The first-order valence-electron chi connectivity index (χ1n) is 5.60. The molecule has 1 aromatic heterocycles. The van der Waals surface area contributed by atoms with E-state index in [0.717, 1.165) is 18.2 Å². The van der Waals surface area contributed by atoms with E-state index in [1.807, 2.05) is 0 Å². The normalized spacial score (nSPS) is 11.6. The number of alkyl halides is 3. The van der Waals surface area contributed by atoms with Crippen LogP contribution in [-0.2, 0) is 22.3 Å². The number of ether oxygens (including phenoxy) is 1. The van der Waals surface area contributed by atoms with E-state index in [1.54, 1.807) is 0 Å². The molecule has 7 heteroatoms. The summed E-state index contributed by atoms with van der Waals surface area (Å²) in [5, 5.41) is -0.0915. The van der Waals surface area contributed by atoms with Crippen LogP contribution < -0.4 is 5.43 Å². The maximum Gasteiger partial charge on any atom is 0.416 e. The Balaban J connectivity index is 2.62. The molecule has 106 valence electrons. The van der Waals surface area contributed by atoms with Crippen molar-refractivity contribution in [1.82, 2.24) is 4.57 Å². The Bertz CT molecular complexity index is 719. The molecule has 0 aliphatic carbocycles. The number of halogens is 3. The molecular formula is C13H10F3NO3. The van der Waals surface area contributed by atoms with Gasteiger partial charge >= 0.3 is 12.1 Å². The standard InChI is InChI=1S/C13H10F3NO3/c1-20-12(19)7-17-5-4-11(18)9-6-8(13(14,15)16)2-3-10(9)17/h2-6H,7H2,1H3. The monoisotopic (exact) mass is 285 g/mol. The van der Waals surface area contributed by atoms with Gasteiger partial charge in [0.15, 0.2) is 5.43 Å². The number of carbonyl (C=O) groups is 1. The molecule has 0 amide bonds. The minimum absolute atomic E-state index is 0.0915. The van der Waals surface area contributed by atoms with Crippen molar-refractivity contribution in [3.8, 4) is 0 Å². The van der Waals surface area contributed by atoms with Gasteiger partial charge in [-0.2, -0.15) is 13.2 Å². The molecular weight excluding hydrogens is 275 g/mol. The van der Waals surface area contributed by atoms with E-state index in [4.69, 9.17) is 0 Å². The molecule has 0 aliphatic rings. The molecule has 2 aromatic rings. The largest absolute Gasteiger partial charge is 0.468 e. The summed E-state index contributed by atoms with van der Waals surface area (Å²) in [6.45, 7) is -0.182. The number of nitrogens with zero attached hydrogens (tertiary/aromatic N) is 1. The second-order valence-electron chi connectivity index (χ2n) is 4.11. The minimum Gasteiger partial charge on any atom is -0.468 e. The molecule has 0 fully saturated rings. The number of pyridine rings is 1.